The van der Waals surface area contributed by atoms with E-state index in [0.29, 0.717) is 26.0 Å². The van der Waals surface area contributed by atoms with Gasteiger partial charge in [0.1, 0.15) is 12.0 Å². The fourth-order valence-corrected chi connectivity index (χ4v) is 2.18. The number of phenolic OH excluding ortho intramolecular Hbond substituents is 1. The van der Waals surface area contributed by atoms with Gasteiger partial charge in [0, 0.05) is 17.3 Å². The van der Waals surface area contributed by atoms with Crippen molar-refractivity contribution in [2.75, 3.05) is 7.11 Å². The van der Waals surface area contributed by atoms with Crippen LogP contribution in [0.5, 0.6) is 11.6 Å². The van der Waals surface area contributed by atoms with Gasteiger partial charge in [-0.05, 0) is 56.1 Å². The Morgan fingerprint density at radius 1 is 1.10 bits per heavy atom. The molecule has 1 aromatic carbocycles. The molecule has 0 aliphatic rings. The normalized spacial score (nSPS) is 9.29. The Kier molecular flexibility index (Phi) is 7.04. The van der Waals surface area contributed by atoms with E-state index in [2.05, 4.69) is 36.8 Å². The van der Waals surface area contributed by atoms with Crippen LogP contribution in [0.1, 0.15) is 20.7 Å². The highest BCUT2D eigenvalue weighted by atomic mass is 79.9. The summed E-state index contributed by atoms with van der Waals surface area (Å²) in [5.41, 5.74) is 1.07. The Balaban J connectivity index is 0.000000211. The zero-order valence-electron chi connectivity index (χ0n) is 10.9. The van der Waals surface area contributed by atoms with Crippen LogP contribution in [0.2, 0.25) is 0 Å². The zero-order chi connectivity index (χ0) is 15.8. The Bertz CT molecular complexity index is 647. The number of nitrogens with zero attached hydrogens (tertiary/aromatic N) is 1. The minimum atomic E-state index is 0.144. The third-order valence-corrected chi connectivity index (χ3v) is 3.47. The first kappa shape index (κ1) is 17.3. The number of rotatable bonds is 3. The van der Waals surface area contributed by atoms with Crippen molar-refractivity contribution in [3.63, 3.8) is 0 Å². The molecule has 2 rings (SSSR count). The molecule has 0 aliphatic carbocycles. The highest BCUT2D eigenvalue weighted by Crippen LogP contribution is 2.23. The summed E-state index contributed by atoms with van der Waals surface area (Å²) >= 11 is 6.28. The second-order valence-corrected chi connectivity index (χ2v) is 5.41. The molecule has 0 amide bonds. The Labute approximate surface area is 138 Å². The summed E-state index contributed by atoms with van der Waals surface area (Å²) < 4.78 is 6.09. The molecule has 0 fully saturated rings. The topological polar surface area (TPSA) is 76.5 Å². The standard InChI is InChI=1S/C7H6BrNO2.C7H5BrO2/c1-11-7-6(8)2-5(4-10)3-9-7;8-6-3-5(4-9)1-2-7(6)10/h2-4H,1H3;1-4,10H. The van der Waals surface area contributed by atoms with Gasteiger partial charge in [-0.3, -0.25) is 9.59 Å². The predicted octanol–water partition coefficient (Wildman–Crippen LogP) is 3.63. The maximum Gasteiger partial charge on any atom is 0.227 e. The van der Waals surface area contributed by atoms with Gasteiger partial charge in [0.25, 0.3) is 0 Å². The summed E-state index contributed by atoms with van der Waals surface area (Å²) in [6.07, 6.45) is 2.91. The minimum Gasteiger partial charge on any atom is -0.507 e. The molecule has 0 aliphatic heterocycles. The number of hydrogen-bond acceptors (Lipinski definition) is 5. The summed E-state index contributed by atoms with van der Waals surface area (Å²) in [5, 5.41) is 8.98. The van der Waals surface area contributed by atoms with E-state index in [1.807, 2.05) is 0 Å². The molecule has 1 N–H and O–H groups in total. The molecule has 110 valence electrons. The van der Waals surface area contributed by atoms with Gasteiger partial charge in [-0.25, -0.2) is 4.98 Å². The van der Waals surface area contributed by atoms with Crippen LogP contribution in [0.25, 0.3) is 0 Å². The van der Waals surface area contributed by atoms with Crippen molar-refractivity contribution >= 4 is 44.4 Å². The predicted molar refractivity (Wildman–Crippen MR) is 85.1 cm³/mol. The summed E-state index contributed by atoms with van der Waals surface area (Å²) in [4.78, 5) is 24.3. The third-order valence-electron chi connectivity index (χ3n) is 2.27. The molecule has 1 aromatic heterocycles. The molecular weight excluding hydrogens is 406 g/mol. The molecule has 0 bridgehead atoms. The van der Waals surface area contributed by atoms with Crippen LogP contribution in [0.15, 0.2) is 39.4 Å². The van der Waals surface area contributed by atoms with E-state index < -0.39 is 0 Å². The van der Waals surface area contributed by atoms with Crippen molar-refractivity contribution in [1.29, 1.82) is 0 Å². The van der Waals surface area contributed by atoms with E-state index in [9.17, 15) is 9.59 Å². The number of phenols is 1. The quantitative estimate of drug-likeness (QED) is 0.773. The van der Waals surface area contributed by atoms with Crippen LogP contribution in [0.4, 0.5) is 0 Å². The maximum absolute atomic E-state index is 10.3. The van der Waals surface area contributed by atoms with Crippen molar-refractivity contribution in [2.45, 2.75) is 0 Å². The van der Waals surface area contributed by atoms with Gasteiger partial charge in [0.15, 0.2) is 6.29 Å². The monoisotopic (exact) mass is 415 g/mol. The van der Waals surface area contributed by atoms with Crippen LogP contribution in [-0.2, 0) is 0 Å². The van der Waals surface area contributed by atoms with Crippen LogP contribution in [0, 0.1) is 0 Å². The molecule has 7 heteroatoms. The Hall–Kier alpha value is -1.73. The molecule has 21 heavy (non-hydrogen) atoms. The van der Waals surface area contributed by atoms with E-state index in [-0.39, 0.29) is 5.75 Å². The summed E-state index contributed by atoms with van der Waals surface area (Å²) in [6.45, 7) is 0. The summed E-state index contributed by atoms with van der Waals surface area (Å²) in [6, 6.07) is 6.22. The van der Waals surface area contributed by atoms with Crippen molar-refractivity contribution in [1.82, 2.24) is 4.98 Å². The van der Waals surface area contributed by atoms with Crippen LogP contribution in [-0.4, -0.2) is 29.8 Å². The molecule has 0 saturated carbocycles. The van der Waals surface area contributed by atoms with Crippen molar-refractivity contribution in [3.8, 4) is 11.6 Å². The number of aldehydes is 2. The second-order valence-electron chi connectivity index (χ2n) is 3.71. The SMILES string of the molecule is COc1ncc(C=O)cc1Br.O=Cc1ccc(O)c(Br)c1. The molecule has 0 saturated heterocycles. The lowest BCUT2D eigenvalue weighted by molar-refractivity contribution is 0.111. The van der Waals surface area contributed by atoms with E-state index in [1.54, 1.807) is 18.2 Å². The van der Waals surface area contributed by atoms with Crippen molar-refractivity contribution in [3.05, 3.63) is 50.5 Å². The number of halogens is 2. The number of carbonyl (C=O) groups excluding carboxylic acids is 2. The second kappa shape index (κ2) is 8.53. The van der Waals surface area contributed by atoms with Gasteiger partial charge in [-0.1, -0.05) is 0 Å². The molecule has 5 nitrogen and oxygen atoms in total. The number of ether oxygens (including phenoxy) is 1. The van der Waals surface area contributed by atoms with E-state index >= 15 is 0 Å². The van der Waals surface area contributed by atoms with Gasteiger partial charge >= 0.3 is 0 Å². The minimum absolute atomic E-state index is 0.144. The zero-order valence-corrected chi connectivity index (χ0v) is 14.1. The summed E-state index contributed by atoms with van der Waals surface area (Å²) in [7, 11) is 1.52. The van der Waals surface area contributed by atoms with E-state index in [0.717, 1.165) is 12.6 Å². The molecule has 0 radical (unpaired) electrons. The first-order valence-corrected chi connectivity index (χ1v) is 7.18. The lowest BCUT2D eigenvalue weighted by Gasteiger charge is -2.00. The smallest absolute Gasteiger partial charge is 0.227 e. The van der Waals surface area contributed by atoms with Crippen LogP contribution < -0.4 is 4.74 Å². The lowest BCUT2D eigenvalue weighted by atomic mass is 10.2. The van der Waals surface area contributed by atoms with Gasteiger partial charge < -0.3 is 9.84 Å². The number of hydrogen-bond donors (Lipinski definition) is 1. The molecule has 0 unspecified atom stereocenters. The molecule has 0 atom stereocenters. The van der Waals surface area contributed by atoms with Crippen molar-refractivity contribution in [2.24, 2.45) is 0 Å². The maximum atomic E-state index is 10.3. The summed E-state index contributed by atoms with van der Waals surface area (Å²) in [5.74, 6) is 0.626. The number of carbonyl (C=O) groups is 2. The fraction of sp³-hybridized carbons (Fsp3) is 0.0714. The van der Waals surface area contributed by atoms with Gasteiger partial charge in [-0.2, -0.15) is 0 Å². The number of benzene rings is 1. The van der Waals surface area contributed by atoms with E-state index in [1.165, 1.54) is 19.4 Å². The highest BCUT2D eigenvalue weighted by Gasteiger charge is 2.01. The first-order chi connectivity index (χ1) is 10.0. The average molecular weight is 417 g/mol. The fourth-order valence-electron chi connectivity index (χ4n) is 1.25. The van der Waals surface area contributed by atoms with Gasteiger partial charge in [0.05, 0.1) is 16.1 Å². The van der Waals surface area contributed by atoms with E-state index in [4.69, 9.17) is 9.84 Å². The molecule has 0 spiro atoms. The van der Waals surface area contributed by atoms with Crippen LogP contribution in [0.3, 0.4) is 0 Å². The van der Waals surface area contributed by atoms with Gasteiger partial charge in [-0.15, -0.1) is 0 Å². The first-order valence-electron chi connectivity index (χ1n) is 5.60. The number of aromatic hydroxyl groups is 1. The average Bonchev–Trinajstić information content (AvgIpc) is 2.50. The highest BCUT2D eigenvalue weighted by molar-refractivity contribution is 9.10. The molecular formula is C14H11Br2NO4. The van der Waals surface area contributed by atoms with Gasteiger partial charge in [0.2, 0.25) is 5.88 Å². The Morgan fingerprint density at radius 2 is 1.71 bits per heavy atom. The number of pyridine rings is 1. The molecule has 1 heterocycles. The number of aromatic nitrogens is 1. The lowest BCUT2D eigenvalue weighted by Crippen LogP contribution is -1.90. The number of methoxy groups -OCH3 is 1. The largest absolute Gasteiger partial charge is 0.507 e. The Morgan fingerprint density at radius 3 is 2.19 bits per heavy atom. The van der Waals surface area contributed by atoms with Crippen molar-refractivity contribution < 1.29 is 19.4 Å². The third kappa shape index (κ3) is 5.28. The van der Waals surface area contributed by atoms with Crippen LogP contribution >= 0.6 is 31.9 Å². The molecule has 2 aromatic rings.